The zero-order chi connectivity index (χ0) is 23.1. The lowest BCUT2D eigenvalue weighted by Gasteiger charge is -2.22. The van der Waals surface area contributed by atoms with E-state index in [4.69, 9.17) is 14.6 Å². The Kier molecular flexibility index (Phi) is 7.83. The smallest absolute Gasteiger partial charge is 0.407 e. The average Bonchev–Trinajstić information content (AvgIpc) is 3.10. The van der Waals surface area contributed by atoms with E-state index < -0.39 is 30.4 Å². The van der Waals surface area contributed by atoms with Crippen LogP contribution in [0, 0.1) is 0 Å². The van der Waals surface area contributed by atoms with Crippen molar-refractivity contribution in [3.8, 4) is 11.1 Å². The van der Waals surface area contributed by atoms with Gasteiger partial charge >= 0.3 is 12.1 Å². The van der Waals surface area contributed by atoms with Crippen molar-refractivity contribution in [3.05, 3.63) is 59.7 Å². The van der Waals surface area contributed by atoms with Crippen LogP contribution < -0.4 is 10.6 Å². The van der Waals surface area contributed by atoms with Crippen LogP contribution in [0.3, 0.4) is 0 Å². The van der Waals surface area contributed by atoms with E-state index >= 15 is 0 Å². The van der Waals surface area contributed by atoms with Crippen LogP contribution in [-0.2, 0) is 19.1 Å². The van der Waals surface area contributed by atoms with Crippen molar-refractivity contribution >= 4 is 18.0 Å². The van der Waals surface area contributed by atoms with E-state index in [1.54, 1.807) is 0 Å². The van der Waals surface area contributed by atoms with E-state index in [1.165, 1.54) is 7.11 Å². The fourth-order valence-electron chi connectivity index (χ4n) is 3.93. The Balaban J connectivity index is 1.65. The maximum absolute atomic E-state index is 12.5. The number of fused-ring (bicyclic) bond motifs is 3. The highest BCUT2D eigenvalue weighted by molar-refractivity contribution is 5.89. The summed E-state index contributed by atoms with van der Waals surface area (Å²) in [5.41, 5.74) is 4.33. The van der Waals surface area contributed by atoms with Gasteiger partial charge in [-0.1, -0.05) is 55.5 Å². The Morgan fingerprint density at radius 1 is 1.00 bits per heavy atom. The SMILES string of the molecule is CCC(COC)NC(=O)C(CC(=O)O)NC(=O)OCC1c2ccccc2-c2ccccc21. The second-order valence-corrected chi connectivity index (χ2v) is 7.69. The fraction of sp³-hybridized carbons (Fsp3) is 0.375. The number of rotatable bonds is 10. The molecule has 0 bridgehead atoms. The maximum atomic E-state index is 12.5. The number of hydrogen-bond donors (Lipinski definition) is 3. The topological polar surface area (TPSA) is 114 Å². The van der Waals surface area contributed by atoms with E-state index in [-0.39, 0.29) is 25.2 Å². The van der Waals surface area contributed by atoms with Crippen molar-refractivity contribution in [1.82, 2.24) is 10.6 Å². The lowest BCUT2D eigenvalue weighted by atomic mass is 9.98. The van der Waals surface area contributed by atoms with Gasteiger partial charge in [0.2, 0.25) is 5.91 Å². The first-order valence-electron chi connectivity index (χ1n) is 10.6. The standard InChI is InChI=1S/C24H28N2O6/c1-3-15(13-31-2)25-23(29)21(12-22(27)28)26-24(30)32-14-20-18-10-6-4-8-16(18)17-9-5-7-11-19(17)20/h4-11,15,20-21H,3,12-14H2,1-2H3,(H,25,29)(H,26,30)(H,27,28). The highest BCUT2D eigenvalue weighted by atomic mass is 16.5. The van der Waals surface area contributed by atoms with Crippen molar-refractivity contribution in [2.24, 2.45) is 0 Å². The number of methoxy groups -OCH3 is 1. The predicted molar refractivity (Wildman–Crippen MR) is 118 cm³/mol. The summed E-state index contributed by atoms with van der Waals surface area (Å²) in [6.45, 7) is 2.23. The summed E-state index contributed by atoms with van der Waals surface area (Å²) in [4.78, 5) is 36.2. The van der Waals surface area contributed by atoms with E-state index in [0.29, 0.717) is 6.42 Å². The zero-order valence-corrected chi connectivity index (χ0v) is 18.2. The highest BCUT2D eigenvalue weighted by Crippen LogP contribution is 2.44. The number of carboxylic acids is 1. The molecule has 8 heteroatoms. The number of benzene rings is 2. The number of aliphatic carboxylic acids is 1. The molecule has 0 spiro atoms. The fourth-order valence-corrected chi connectivity index (χ4v) is 3.93. The Morgan fingerprint density at radius 3 is 2.12 bits per heavy atom. The number of carbonyl (C=O) groups excluding carboxylic acids is 2. The molecule has 2 unspecified atom stereocenters. The quantitative estimate of drug-likeness (QED) is 0.524. The molecule has 2 aromatic carbocycles. The van der Waals surface area contributed by atoms with Crippen LogP contribution in [0.5, 0.6) is 0 Å². The Morgan fingerprint density at radius 2 is 1.59 bits per heavy atom. The first kappa shape index (κ1) is 23.3. The molecule has 1 aliphatic rings. The van der Waals surface area contributed by atoms with Crippen LogP contribution >= 0.6 is 0 Å². The summed E-state index contributed by atoms with van der Waals surface area (Å²) >= 11 is 0. The molecule has 0 saturated carbocycles. The van der Waals surface area contributed by atoms with Crippen molar-refractivity contribution in [3.63, 3.8) is 0 Å². The van der Waals surface area contributed by atoms with Gasteiger partial charge in [-0.15, -0.1) is 0 Å². The molecule has 0 radical (unpaired) electrons. The molecule has 8 nitrogen and oxygen atoms in total. The zero-order valence-electron chi connectivity index (χ0n) is 18.2. The number of ether oxygens (including phenoxy) is 2. The molecule has 2 amide bonds. The van der Waals surface area contributed by atoms with Crippen LogP contribution in [0.4, 0.5) is 4.79 Å². The summed E-state index contributed by atoms with van der Waals surface area (Å²) < 4.78 is 10.5. The van der Waals surface area contributed by atoms with Gasteiger partial charge in [-0.2, -0.15) is 0 Å². The van der Waals surface area contributed by atoms with Crippen LogP contribution in [-0.4, -0.2) is 55.5 Å². The third-order valence-corrected chi connectivity index (χ3v) is 5.54. The van der Waals surface area contributed by atoms with Gasteiger partial charge in [-0.25, -0.2) is 4.79 Å². The number of carbonyl (C=O) groups is 3. The first-order chi connectivity index (χ1) is 15.4. The number of hydrogen-bond acceptors (Lipinski definition) is 5. The summed E-state index contributed by atoms with van der Waals surface area (Å²) in [5.74, 6) is -1.93. The summed E-state index contributed by atoms with van der Waals surface area (Å²) in [5, 5.41) is 14.3. The van der Waals surface area contributed by atoms with Gasteiger partial charge in [0.1, 0.15) is 12.6 Å². The number of carboxylic acid groups (broad SMARTS) is 1. The number of amides is 2. The third-order valence-electron chi connectivity index (χ3n) is 5.54. The Bertz CT molecular complexity index is 931. The van der Waals surface area contributed by atoms with Crippen LogP contribution in [0.1, 0.15) is 36.8 Å². The van der Waals surface area contributed by atoms with Gasteiger partial charge in [0, 0.05) is 13.0 Å². The first-order valence-corrected chi connectivity index (χ1v) is 10.6. The Labute approximate surface area is 186 Å². The highest BCUT2D eigenvalue weighted by Gasteiger charge is 2.30. The van der Waals surface area contributed by atoms with Gasteiger partial charge in [-0.3, -0.25) is 9.59 Å². The molecule has 32 heavy (non-hydrogen) atoms. The van der Waals surface area contributed by atoms with Crippen molar-refractivity contribution in [1.29, 1.82) is 0 Å². The molecular weight excluding hydrogens is 412 g/mol. The molecule has 0 fully saturated rings. The van der Waals surface area contributed by atoms with Crippen molar-refractivity contribution in [2.75, 3.05) is 20.3 Å². The molecule has 3 rings (SSSR count). The number of nitrogens with one attached hydrogen (secondary N) is 2. The molecule has 0 aromatic heterocycles. The molecule has 0 heterocycles. The predicted octanol–water partition coefficient (Wildman–Crippen LogP) is 2.91. The second kappa shape index (κ2) is 10.8. The molecule has 2 atom stereocenters. The molecule has 3 N–H and O–H groups in total. The monoisotopic (exact) mass is 440 g/mol. The lowest BCUT2D eigenvalue weighted by molar-refractivity contribution is -0.140. The largest absolute Gasteiger partial charge is 0.481 e. The summed E-state index contributed by atoms with van der Waals surface area (Å²) in [7, 11) is 1.51. The maximum Gasteiger partial charge on any atom is 0.407 e. The van der Waals surface area contributed by atoms with Gasteiger partial charge < -0.3 is 25.2 Å². The van der Waals surface area contributed by atoms with Crippen molar-refractivity contribution in [2.45, 2.75) is 37.8 Å². The van der Waals surface area contributed by atoms with Gasteiger partial charge in [0.25, 0.3) is 0 Å². The minimum Gasteiger partial charge on any atom is -0.481 e. The van der Waals surface area contributed by atoms with Gasteiger partial charge in [-0.05, 0) is 28.7 Å². The van der Waals surface area contributed by atoms with E-state index in [2.05, 4.69) is 10.6 Å². The Hall–Kier alpha value is -3.39. The molecular formula is C24H28N2O6. The van der Waals surface area contributed by atoms with Crippen LogP contribution in [0.2, 0.25) is 0 Å². The summed E-state index contributed by atoms with van der Waals surface area (Å²) in [6, 6.07) is 14.3. The minimum atomic E-state index is -1.26. The van der Waals surface area contributed by atoms with Gasteiger partial charge in [0.15, 0.2) is 0 Å². The summed E-state index contributed by atoms with van der Waals surface area (Å²) in [6.07, 6.45) is -0.794. The van der Waals surface area contributed by atoms with Crippen molar-refractivity contribution < 1.29 is 29.0 Å². The van der Waals surface area contributed by atoms with Crippen LogP contribution in [0.15, 0.2) is 48.5 Å². The third kappa shape index (κ3) is 5.45. The van der Waals surface area contributed by atoms with E-state index in [9.17, 15) is 14.4 Å². The molecule has 0 aliphatic heterocycles. The van der Waals surface area contributed by atoms with E-state index in [1.807, 2.05) is 55.5 Å². The molecule has 0 saturated heterocycles. The number of alkyl carbamates (subject to hydrolysis) is 1. The van der Waals surface area contributed by atoms with Crippen LogP contribution in [0.25, 0.3) is 11.1 Å². The molecule has 1 aliphatic carbocycles. The van der Waals surface area contributed by atoms with E-state index in [0.717, 1.165) is 22.3 Å². The normalized spacial score (nSPS) is 14.1. The second-order valence-electron chi connectivity index (χ2n) is 7.69. The average molecular weight is 440 g/mol. The molecule has 170 valence electrons. The molecule has 2 aromatic rings. The van der Waals surface area contributed by atoms with Gasteiger partial charge in [0.05, 0.1) is 19.1 Å². The lowest BCUT2D eigenvalue weighted by Crippen LogP contribution is -2.51. The minimum absolute atomic E-state index is 0.0720.